The number of hydrogen-bond acceptors (Lipinski definition) is 4. The zero-order valence-electron chi connectivity index (χ0n) is 22.0. The van der Waals surface area contributed by atoms with Gasteiger partial charge in [-0.1, -0.05) is 58.4 Å². The third-order valence-electron chi connectivity index (χ3n) is 8.88. The third-order valence-corrected chi connectivity index (χ3v) is 9.41. The highest BCUT2D eigenvalue weighted by atomic mass is 79.9. The molecular formula is C31H35BrClN3O3. The molecule has 3 saturated heterocycles. The van der Waals surface area contributed by atoms with Crippen molar-refractivity contribution in [3.05, 3.63) is 94.4 Å². The molecule has 1 aromatic heterocycles. The van der Waals surface area contributed by atoms with Gasteiger partial charge in [0.1, 0.15) is 0 Å². The van der Waals surface area contributed by atoms with Crippen molar-refractivity contribution in [1.29, 1.82) is 0 Å². The van der Waals surface area contributed by atoms with Crippen molar-refractivity contribution >= 4 is 40.2 Å². The van der Waals surface area contributed by atoms with Crippen LogP contribution in [0, 0.1) is 11.3 Å². The lowest BCUT2D eigenvalue weighted by molar-refractivity contribution is -0.139. The summed E-state index contributed by atoms with van der Waals surface area (Å²) in [5.41, 5.74) is 2.26. The molecule has 39 heavy (non-hydrogen) atoms. The summed E-state index contributed by atoms with van der Waals surface area (Å²) >= 11 is 3.49. The summed E-state index contributed by atoms with van der Waals surface area (Å²) in [5, 5.41) is 0. The quantitative estimate of drug-likeness (QED) is 0.351. The van der Waals surface area contributed by atoms with Gasteiger partial charge in [0.05, 0.1) is 11.7 Å². The third kappa shape index (κ3) is 5.81. The van der Waals surface area contributed by atoms with Crippen molar-refractivity contribution < 1.29 is 14.0 Å². The molecular weight excluding hydrogens is 578 g/mol. The summed E-state index contributed by atoms with van der Waals surface area (Å²) in [4.78, 5) is 33.1. The number of carbonyl (C=O) groups is 2. The van der Waals surface area contributed by atoms with Gasteiger partial charge in [-0.05, 0) is 73.7 Å². The smallest absolute Gasteiger partial charge is 0.289 e. The molecule has 2 atom stereocenters. The number of benzene rings is 2. The molecule has 3 fully saturated rings. The molecule has 206 valence electrons. The predicted octanol–water partition coefficient (Wildman–Crippen LogP) is 5.83. The van der Waals surface area contributed by atoms with Crippen LogP contribution in [0.3, 0.4) is 0 Å². The molecule has 0 bridgehead atoms. The molecule has 2 aromatic carbocycles. The highest BCUT2D eigenvalue weighted by Gasteiger charge is 2.48. The van der Waals surface area contributed by atoms with E-state index < -0.39 is 0 Å². The number of piperidine rings is 1. The highest BCUT2D eigenvalue weighted by molar-refractivity contribution is 9.10. The van der Waals surface area contributed by atoms with Crippen LogP contribution in [0.15, 0.2) is 81.9 Å². The first-order valence-electron chi connectivity index (χ1n) is 13.6. The van der Waals surface area contributed by atoms with Crippen LogP contribution in [-0.4, -0.2) is 65.8 Å². The number of hydrogen-bond donors (Lipinski definition) is 0. The molecule has 0 saturated carbocycles. The second-order valence-corrected chi connectivity index (χ2v) is 12.1. The molecule has 0 aliphatic carbocycles. The van der Waals surface area contributed by atoms with E-state index in [0.717, 1.165) is 56.5 Å². The Morgan fingerprint density at radius 3 is 2.33 bits per heavy atom. The second-order valence-electron chi connectivity index (χ2n) is 11.1. The Morgan fingerprint density at radius 1 is 0.923 bits per heavy atom. The molecule has 3 aliphatic rings. The molecule has 0 unspecified atom stereocenters. The number of halogens is 2. The maximum Gasteiger partial charge on any atom is 0.289 e. The van der Waals surface area contributed by atoms with Crippen LogP contribution in [0.25, 0.3) is 0 Å². The van der Waals surface area contributed by atoms with Crippen LogP contribution >= 0.6 is 28.3 Å². The molecule has 3 aromatic rings. The van der Waals surface area contributed by atoms with Crippen LogP contribution in [0.1, 0.15) is 46.9 Å². The summed E-state index contributed by atoms with van der Waals surface area (Å²) in [5.74, 6) is 1.35. The largest absolute Gasteiger partial charge is 0.459 e. The van der Waals surface area contributed by atoms with Gasteiger partial charge in [0.2, 0.25) is 5.91 Å². The Hall–Kier alpha value is -2.61. The van der Waals surface area contributed by atoms with Gasteiger partial charge < -0.3 is 19.1 Å². The van der Waals surface area contributed by atoms with Crippen LogP contribution in [0.4, 0.5) is 0 Å². The Bertz CT molecular complexity index is 1260. The average molecular weight is 613 g/mol. The van der Waals surface area contributed by atoms with Gasteiger partial charge in [-0.15, -0.1) is 12.4 Å². The standard InChI is InChI=1S/C31H34BrN3O3.ClH/c32-26-10-8-23(9-11-26)19-34-17-14-31(30(34)37)12-15-33(16-13-31)20-25-21-35(29(36)28-7-4-18-38-28)22-27(25)24-5-2-1-3-6-24;/h1-11,18,25,27H,12-17,19-22H2;1H/t25-,27+;/m0./s1. The number of carbonyl (C=O) groups excluding carboxylic acids is 2. The molecule has 6 nitrogen and oxygen atoms in total. The van der Waals surface area contributed by atoms with Crippen molar-refractivity contribution in [1.82, 2.24) is 14.7 Å². The van der Waals surface area contributed by atoms with Crippen molar-refractivity contribution in [2.75, 3.05) is 39.3 Å². The van der Waals surface area contributed by atoms with E-state index >= 15 is 0 Å². The van der Waals surface area contributed by atoms with Crippen molar-refractivity contribution in [3.8, 4) is 0 Å². The van der Waals surface area contributed by atoms with Crippen LogP contribution in [0.2, 0.25) is 0 Å². The molecule has 0 radical (unpaired) electrons. The van der Waals surface area contributed by atoms with Gasteiger partial charge in [-0.25, -0.2) is 0 Å². The van der Waals surface area contributed by atoms with Gasteiger partial charge in [-0.3, -0.25) is 9.59 Å². The topological polar surface area (TPSA) is 57.0 Å². The summed E-state index contributed by atoms with van der Waals surface area (Å²) in [6, 6.07) is 22.4. The minimum absolute atomic E-state index is 0. The number of nitrogens with zero attached hydrogens (tertiary/aromatic N) is 3. The van der Waals surface area contributed by atoms with E-state index in [4.69, 9.17) is 4.42 Å². The number of amides is 2. The maximum atomic E-state index is 13.5. The zero-order valence-corrected chi connectivity index (χ0v) is 24.4. The Kier molecular flexibility index (Phi) is 8.50. The van der Waals surface area contributed by atoms with E-state index in [0.29, 0.717) is 36.6 Å². The molecule has 0 N–H and O–H groups in total. The monoisotopic (exact) mass is 611 g/mol. The second kappa shape index (κ2) is 11.9. The fourth-order valence-corrected chi connectivity index (χ4v) is 6.93. The van der Waals surface area contributed by atoms with Gasteiger partial charge >= 0.3 is 0 Å². The van der Waals surface area contributed by atoms with E-state index in [1.807, 2.05) is 23.1 Å². The van der Waals surface area contributed by atoms with Crippen molar-refractivity contribution in [2.24, 2.45) is 11.3 Å². The molecule has 3 aliphatic heterocycles. The van der Waals surface area contributed by atoms with Crippen LogP contribution in [-0.2, 0) is 11.3 Å². The van der Waals surface area contributed by atoms with Gasteiger partial charge in [0, 0.05) is 43.1 Å². The van der Waals surface area contributed by atoms with E-state index in [1.54, 1.807) is 18.4 Å². The molecule has 4 heterocycles. The Labute approximate surface area is 244 Å². The normalized spacial score (nSPS) is 22.8. The summed E-state index contributed by atoms with van der Waals surface area (Å²) in [6.45, 7) is 5.77. The molecule has 2 amide bonds. The lowest BCUT2D eigenvalue weighted by atomic mass is 9.76. The Balaban J connectivity index is 0.00000308. The van der Waals surface area contributed by atoms with Crippen LogP contribution in [0.5, 0.6) is 0 Å². The lowest BCUT2D eigenvalue weighted by Gasteiger charge is -2.39. The molecule has 1 spiro atoms. The zero-order chi connectivity index (χ0) is 26.1. The Morgan fingerprint density at radius 2 is 1.64 bits per heavy atom. The van der Waals surface area contributed by atoms with E-state index in [-0.39, 0.29) is 23.7 Å². The summed E-state index contributed by atoms with van der Waals surface area (Å²) in [6.07, 6.45) is 4.35. The van der Waals surface area contributed by atoms with Gasteiger partial charge in [-0.2, -0.15) is 0 Å². The first-order chi connectivity index (χ1) is 18.5. The van der Waals surface area contributed by atoms with E-state index in [9.17, 15) is 9.59 Å². The fourth-order valence-electron chi connectivity index (χ4n) is 6.67. The summed E-state index contributed by atoms with van der Waals surface area (Å²) < 4.78 is 6.47. The van der Waals surface area contributed by atoms with E-state index in [1.165, 1.54) is 11.1 Å². The van der Waals surface area contributed by atoms with Crippen LogP contribution < -0.4 is 0 Å². The predicted molar refractivity (Wildman–Crippen MR) is 157 cm³/mol. The SMILES string of the molecule is Cl.O=C(c1ccco1)N1C[C@H](CN2CCC3(CC2)CCN(Cc2ccc(Br)cc2)C3=O)[C@@H](c2ccccc2)C1. The molecule has 8 heteroatoms. The lowest BCUT2D eigenvalue weighted by Crippen LogP contribution is -2.46. The average Bonchev–Trinajstić information content (AvgIpc) is 3.69. The minimum atomic E-state index is -0.207. The first kappa shape index (κ1) is 27.9. The van der Waals surface area contributed by atoms with Gasteiger partial charge in [0.15, 0.2) is 5.76 Å². The van der Waals surface area contributed by atoms with E-state index in [2.05, 4.69) is 62.1 Å². The maximum absolute atomic E-state index is 13.5. The fraction of sp³-hybridized carbons (Fsp3) is 0.419. The molecule has 6 rings (SSSR count). The highest BCUT2D eigenvalue weighted by Crippen LogP contribution is 2.43. The first-order valence-corrected chi connectivity index (χ1v) is 14.4. The summed E-state index contributed by atoms with van der Waals surface area (Å²) in [7, 11) is 0. The number of rotatable bonds is 6. The number of likely N-dealkylation sites (tertiary alicyclic amines) is 3. The minimum Gasteiger partial charge on any atom is -0.459 e. The number of furan rings is 1. The van der Waals surface area contributed by atoms with Gasteiger partial charge in [0.25, 0.3) is 5.91 Å². The van der Waals surface area contributed by atoms with Crippen molar-refractivity contribution in [2.45, 2.75) is 31.7 Å². The van der Waals surface area contributed by atoms with Crippen molar-refractivity contribution in [3.63, 3.8) is 0 Å².